The first kappa shape index (κ1) is 22.7. The molecule has 0 atom stereocenters. The molecular formula is Na2O5S3. The van der Waals surface area contributed by atoms with Gasteiger partial charge in [0.05, 0.1) is 0 Å². The fourth-order valence-electron chi connectivity index (χ4n) is 0. The van der Waals surface area contributed by atoms with E-state index in [4.69, 9.17) is 21.7 Å². The predicted octanol–water partition coefficient (Wildman–Crippen LogP) is -7.67. The second kappa shape index (κ2) is 13.7. The summed E-state index contributed by atoms with van der Waals surface area (Å²) in [6, 6.07) is 0. The first-order chi connectivity index (χ1) is 3.41. The third-order valence-corrected chi connectivity index (χ3v) is 0. The smallest absolute Gasteiger partial charge is 0.780 e. The normalized spacial score (nSPS) is 7.00. The third kappa shape index (κ3) is 188. The van der Waals surface area contributed by atoms with E-state index in [1.165, 1.54) is 0 Å². The maximum atomic E-state index is 8.89. The monoisotopic (exact) mass is 222 g/mol. The van der Waals surface area contributed by atoms with Crippen molar-refractivity contribution in [1.82, 2.24) is 0 Å². The van der Waals surface area contributed by atoms with E-state index in [0.29, 0.717) is 0 Å². The molecule has 0 aliphatic heterocycles. The molecule has 0 rings (SSSR count). The Morgan fingerprint density at radius 3 is 1.20 bits per heavy atom. The first-order valence-electron chi connectivity index (χ1n) is 1.00. The van der Waals surface area contributed by atoms with Crippen LogP contribution in [0.2, 0.25) is 0 Å². The zero-order chi connectivity index (χ0) is 7.21. The van der Waals surface area contributed by atoms with Gasteiger partial charge < -0.3 is 9.11 Å². The maximum Gasteiger partial charge on any atom is 1.00 e. The van der Waals surface area contributed by atoms with E-state index in [-0.39, 0.29) is 59.1 Å². The van der Waals surface area contributed by atoms with Gasteiger partial charge >= 0.3 is 70.7 Å². The molecule has 0 N–H and O–H groups in total. The summed E-state index contributed by atoms with van der Waals surface area (Å²) in [6.07, 6.45) is 0. The minimum atomic E-state index is -4.33. The van der Waals surface area contributed by atoms with E-state index in [1.54, 1.807) is 0 Å². The first-order valence-corrected chi connectivity index (χ1v) is 4.00. The summed E-state index contributed by atoms with van der Waals surface area (Å²) in [5.41, 5.74) is 0. The van der Waals surface area contributed by atoms with Gasteiger partial charge in [0, 0.05) is 0 Å². The molecular weight excluding hydrogens is 222 g/mol. The summed E-state index contributed by atoms with van der Waals surface area (Å²) in [5, 5.41) is 0. The van der Waals surface area contributed by atoms with Crippen LogP contribution in [0.4, 0.5) is 0 Å². The van der Waals surface area contributed by atoms with Gasteiger partial charge in [-0.15, -0.1) is 9.05 Å². The van der Waals surface area contributed by atoms with Crippen molar-refractivity contribution in [3.05, 3.63) is 0 Å². The van der Waals surface area contributed by atoms with Gasteiger partial charge in [0.15, 0.2) is 0 Å². The molecule has 0 aromatic rings. The van der Waals surface area contributed by atoms with Gasteiger partial charge in [0.1, 0.15) is 0 Å². The van der Waals surface area contributed by atoms with Crippen LogP contribution in [-0.4, -0.2) is 21.7 Å². The molecule has 0 saturated carbocycles. The van der Waals surface area contributed by atoms with Crippen LogP contribution in [0.5, 0.6) is 0 Å². The van der Waals surface area contributed by atoms with E-state index in [9.17, 15) is 0 Å². The number of hydrogen-bond acceptors (Lipinski definition) is 6. The molecule has 0 saturated heterocycles. The van der Waals surface area contributed by atoms with Crippen molar-refractivity contribution in [3.8, 4) is 0 Å². The molecule has 5 nitrogen and oxygen atoms in total. The van der Waals surface area contributed by atoms with Crippen molar-refractivity contribution < 1.29 is 80.8 Å². The van der Waals surface area contributed by atoms with Crippen molar-refractivity contribution in [2.75, 3.05) is 0 Å². The van der Waals surface area contributed by atoms with E-state index in [0.717, 1.165) is 0 Å². The quantitative estimate of drug-likeness (QED) is 0.378. The number of rotatable bonds is 0. The summed E-state index contributed by atoms with van der Waals surface area (Å²) >= 11 is 2.49. The van der Waals surface area contributed by atoms with Gasteiger partial charge in [0.25, 0.3) is 0 Å². The molecule has 0 fully saturated rings. The molecule has 10 heteroatoms. The average molecular weight is 222 g/mol. The van der Waals surface area contributed by atoms with Crippen LogP contribution in [-0.2, 0) is 31.8 Å². The largest absolute Gasteiger partial charge is 1.00 e. The van der Waals surface area contributed by atoms with Crippen LogP contribution in [0.25, 0.3) is 0 Å². The van der Waals surface area contributed by atoms with E-state index in [2.05, 4.69) is 11.2 Å². The Hall–Kier alpha value is 2.11. The fraction of sp³-hybridized carbons (Fsp3) is 0. The van der Waals surface area contributed by atoms with Crippen molar-refractivity contribution in [1.29, 1.82) is 0 Å². The van der Waals surface area contributed by atoms with Gasteiger partial charge in [0.2, 0.25) is 0 Å². The molecule has 0 bridgehead atoms. The maximum absolute atomic E-state index is 8.89. The van der Waals surface area contributed by atoms with Gasteiger partial charge in [-0.1, -0.05) is 0 Å². The van der Waals surface area contributed by atoms with Gasteiger partial charge in [-0.25, -0.2) is 0 Å². The summed E-state index contributed by atoms with van der Waals surface area (Å²) in [7, 11) is -4.33. The molecule has 0 radical (unpaired) electrons. The minimum Gasteiger partial charge on any atom is -0.780 e. The van der Waals surface area contributed by atoms with E-state index >= 15 is 0 Å². The zero-order valence-electron chi connectivity index (χ0n) is 5.27. The Morgan fingerprint density at radius 2 is 1.20 bits per heavy atom. The van der Waals surface area contributed by atoms with Crippen LogP contribution >= 0.6 is 0 Å². The molecule has 0 spiro atoms. The molecule has 0 aromatic heterocycles. The molecule has 0 amide bonds. The van der Waals surface area contributed by atoms with Crippen LogP contribution in [0.3, 0.4) is 0 Å². The Bertz CT molecular complexity index is 155. The van der Waals surface area contributed by atoms with Gasteiger partial charge in [-0.3, -0.25) is 4.21 Å². The molecule has 0 aliphatic carbocycles. The van der Waals surface area contributed by atoms with Crippen molar-refractivity contribution >= 4 is 31.8 Å². The summed E-state index contributed by atoms with van der Waals surface area (Å²) in [5.74, 6) is 0. The van der Waals surface area contributed by atoms with Crippen LogP contribution in [0.1, 0.15) is 0 Å². The zero-order valence-corrected chi connectivity index (χ0v) is 11.7. The molecule has 10 heavy (non-hydrogen) atoms. The second-order valence-electron chi connectivity index (χ2n) is 0.476. The van der Waals surface area contributed by atoms with Gasteiger partial charge in [-0.2, -0.15) is 8.42 Å². The number of hydrogen-bond donors (Lipinski definition) is 0. The van der Waals surface area contributed by atoms with E-state index in [1.807, 2.05) is 0 Å². The second-order valence-corrected chi connectivity index (χ2v) is 2.65. The van der Waals surface area contributed by atoms with Crippen molar-refractivity contribution in [2.24, 2.45) is 0 Å². The Labute approximate surface area is 111 Å². The Kier molecular flexibility index (Phi) is 31.1. The van der Waals surface area contributed by atoms with E-state index < -0.39 is 20.6 Å². The van der Waals surface area contributed by atoms with Crippen molar-refractivity contribution in [3.63, 3.8) is 0 Å². The summed E-state index contributed by atoms with van der Waals surface area (Å²) in [6.45, 7) is 0. The van der Waals surface area contributed by atoms with Crippen LogP contribution in [0, 0.1) is 0 Å². The molecule has 0 unspecified atom stereocenters. The summed E-state index contributed by atoms with van der Waals surface area (Å²) < 4.78 is 43.3. The average Bonchev–Trinajstić information content (AvgIpc) is 1.27. The SMILES string of the molecule is O=S([O-])([O-])=S.O=S=O.[Na+].[Na+]. The Morgan fingerprint density at radius 1 is 1.20 bits per heavy atom. The topological polar surface area (TPSA) is 97.3 Å². The molecule has 0 aliphatic rings. The molecule has 0 heterocycles. The molecule has 0 aromatic carbocycles. The minimum absolute atomic E-state index is 0. The van der Waals surface area contributed by atoms with Gasteiger partial charge in [-0.05, 0) is 11.2 Å². The standard InChI is InChI=1S/2Na.H2O3S2.O2S/c;;1-5(2,3)4;1-3-2/h;;(H2,1,2,3,4);/q2*+1;;/p-2. The van der Waals surface area contributed by atoms with Crippen molar-refractivity contribution in [2.45, 2.75) is 0 Å². The summed E-state index contributed by atoms with van der Waals surface area (Å²) in [4.78, 5) is 0. The van der Waals surface area contributed by atoms with Crippen LogP contribution in [0.15, 0.2) is 0 Å². The Balaban J connectivity index is -0.0000000326. The molecule has 50 valence electrons. The third-order valence-electron chi connectivity index (χ3n) is 0. The fourth-order valence-corrected chi connectivity index (χ4v) is 0. The van der Waals surface area contributed by atoms with Crippen LogP contribution < -0.4 is 59.1 Å². The predicted molar refractivity (Wildman–Crippen MR) is 26.0 cm³/mol.